The van der Waals surface area contributed by atoms with Gasteiger partial charge in [-0.1, -0.05) is 37.3 Å². The van der Waals surface area contributed by atoms with Gasteiger partial charge in [-0.2, -0.15) is 0 Å². The van der Waals surface area contributed by atoms with E-state index in [4.69, 9.17) is 9.15 Å². The first kappa shape index (κ1) is 17.1. The summed E-state index contributed by atoms with van der Waals surface area (Å²) < 4.78 is 11.3. The fourth-order valence-corrected chi connectivity index (χ4v) is 3.16. The van der Waals surface area contributed by atoms with Crippen LogP contribution in [-0.4, -0.2) is 17.5 Å². The highest BCUT2D eigenvalue weighted by atomic mass is 16.5. The Labute approximate surface area is 147 Å². The number of hydrogen-bond acceptors (Lipinski definition) is 4. The first-order chi connectivity index (χ1) is 12.0. The summed E-state index contributed by atoms with van der Waals surface area (Å²) in [5.74, 6) is 0.240. The van der Waals surface area contributed by atoms with Gasteiger partial charge in [0.05, 0.1) is 18.4 Å². The number of ether oxygens (including phenoxy) is 1. The predicted molar refractivity (Wildman–Crippen MR) is 97.6 cm³/mol. The number of benzene rings is 2. The van der Waals surface area contributed by atoms with E-state index in [1.807, 2.05) is 18.2 Å². The van der Waals surface area contributed by atoms with Gasteiger partial charge in [0.2, 0.25) is 5.75 Å². The molecule has 1 heterocycles. The lowest BCUT2D eigenvalue weighted by molar-refractivity contribution is 0.101. The number of phenols is 1. The van der Waals surface area contributed by atoms with Crippen molar-refractivity contribution >= 4 is 16.8 Å². The normalized spacial score (nSPS) is 12.3. The van der Waals surface area contributed by atoms with Crippen molar-refractivity contribution in [1.29, 1.82) is 0 Å². The molecule has 0 bridgehead atoms. The molecule has 1 aromatic heterocycles. The second-order valence-corrected chi connectivity index (χ2v) is 6.35. The fourth-order valence-electron chi connectivity index (χ4n) is 3.16. The predicted octanol–water partition coefficient (Wildman–Crippen LogP) is 5.22. The largest absolute Gasteiger partial charge is 0.504 e. The number of aromatic hydroxyl groups is 1. The summed E-state index contributed by atoms with van der Waals surface area (Å²) in [6, 6.07) is 12.0. The van der Waals surface area contributed by atoms with Crippen molar-refractivity contribution in [2.24, 2.45) is 0 Å². The van der Waals surface area contributed by atoms with Crippen LogP contribution in [0.1, 0.15) is 47.7 Å². The van der Waals surface area contributed by atoms with E-state index in [-0.39, 0.29) is 17.3 Å². The van der Waals surface area contributed by atoms with Crippen LogP contribution in [0.25, 0.3) is 11.0 Å². The molecule has 0 saturated carbocycles. The quantitative estimate of drug-likeness (QED) is 0.626. The highest BCUT2D eigenvalue weighted by molar-refractivity contribution is 6.05. The molecule has 0 fully saturated rings. The van der Waals surface area contributed by atoms with Crippen molar-refractivity contribution in [1.82, 2.24) is 0 Å². The van der Waals surface area contributed by atoms with Crippen molar-refractivity contribution in [2.75, 3.05) is 6.61 Å². The minimum Gasteiger partial charge on any atom is -0.504 e. The van der Waals surface area contributed by atoms with Gasteiger partial charge in [-0.25, -0.2) is 0 Å². The maximum atomic E-state index is 11.9. The van der Waals surface area contributed by atoms with Gasteiger partial charge in [0.25, 0.3) is 0 Å². The molecule has 0 amide bonds. The van der Waals surface area contributed by atoms with E-state index in [0.29, 0.717) is 29.2 Å². The van der Waals surface area contributed by atoms with Crippen molar-refractivity contribution in [2.45, 2.75) is 33.1 Å². The number of ketones is 1. The van der Waals surface area contributed by atoms with Gasteiger partial charge in [0, 0.05) is 5.39 Å². The number of aryl methyl sites for hydroxylation is 1. The van der Waals surface area contributed by atoms with Crippen LogP contribution in [0.5, 0.6) is 11.5 Å². The molecule has 1 N–H and O–H groups in total. The first-order valence-corrected chi connectivity index (χ1v) is 8.42. The number of carbonyl (C=O) groups excluding carboxylic acids is 1. The molecule has 3 rings (SSSR count). The molecular formula is C21H22O4. The van der Waals surface area contributed by atoms with E-state index >= 15 is 0 Å². The summed E-state index contributed by atoms with van der Waals surface area (Å²) in [4.78, 5) is 11.9. The maximum absolute atomic E-state index is 11.9. The monoisotopic (exact) mass is 338 g/mol. The molecule has 1 atom stereocenters. The standard InChI is InChI=1S/C21H22O4/c1-13(16-7-5-4-6-8-16)9-11-25-21-19(23)18(15(3)22)14(2)17-10-12-24-20(17)21/h4-8,10,12-13,23H,9,11H2,1-3H3. The SMILES string of the molecule is CC(=O)c1c(O)c(OCCC(C)c2ccccc2)c2occc2c1C. The molecule has 0 radical (unpaired) electrons. The zero-order valence-electron chi connectivity index (χ0n) is 14.7. The zero-order valence-corrected chi connectivity index (χ0v) is 14.7. The Morgan fingerprint density at radius 3 is 2.64 bits per heavy atom. The van der Waals surface area contributed by atoms with Gasteiger partial charge in [-0.15, -0.1) is 0 Å². The molecular weight excluding hydrogens is 316 g/mol. The molecule has 3 aromatic rings. The Morgan fingerprint density at radius 2 is 1.96 bits per heavy atom. The van der Waals surface area contributed by atoms with E-state index in [9.17, 15) is 9.90 Å². The molecule has 4 nitrogen and oxygen atoms in total. The van der Waals surface area contributed by atoms with Gasteiger partial charge in [-0.05, 0) is 43.4 Å². The Bertz CT molecular complexity index is 893. The van der Waals surface area contributed by atoms with Crippen molar-refractivity contribution in [3.05, 3.63) is 59.4 Å². The summed E-state index contributed by atoms with van der Waals surface area (Å²) in [5.41, 5.74) is 2.72. The fraction of sp³-hybridized carbons (Fsp3) is 0.286. The van der Waals surface area contributed by atoms with Crippen molar-refractivity contribution < 1.29 is 19.1 Å². The lowest BCUT2D eigenvalue weighted by Gasteiger charge is -2.16. The Hall–Kier alpha value is -2.75. The smallest absolute Gasteiger partial charge is 0.205 e. The number of furan rings is 1. The molecule has 0 spiro atoms. The van der Waals surface area contributed by atoms with E-state index in [0.717, 1.165) is 11.8 Å². The van der Waals surface area contributed by atoms with Crippen LogP contribution < -0.4 is 4.74 Å². The van der Waals surface area contributed by atoms with Gasteiger partial charge >= 0.3 is 0 Å². The number of hydrogen-bond donors (Lipinski definition) is 1. The van der Waals surface area contributed by atoms with Crippen LogP contribution in [-0.2, 0) is 0 Å². The second kappa shape index (κ2) is 7.01. The van der Waals surface area contributed by atoms with Crippen LogP contribution in [0.3, 0.4) is 0 Å². The molecule has 0 saturated heterocycles. The third-order valence-corrected chi connectivity index (χ3v) is 4.62. The third kappa shape index (κ3) is 3.25. The van der Waals surface area contributed by atoms with E-state index in [1.165, 1.54) is 12.5 Å². The molecule has 0 aliphatic carbocycles. The zero-order chi connectivity index (χ0) is 18.0. The summed E-state index contributed by atoms with van der Waals surface area (Å²) in [5, 5.41) is 11.3. The van der Waals surface area contributed by atoms with Gasteiger partial charge < -0.3 is 14.3 Å². The van der Waals surface area contributed by atoms with Gasteiger partial charge in [0.15, 0.2) is 17.1 Å². The van der Waals surface area contributed by atoms with Crippen LogP contribution in [0, 0.1) is 6.92 Å². The molecule has 25 heavy (non-hydrogen) atoms. The average Bonchev–Trinajstić information content (AvgIpc) is 3.08. The number of rotatable bonds is 6. The molecule has 0 aliphatic heterocycles. The summed E-state index contributed by atoms with van der Waals surface area (Å²) in [7, 11) is 0. The topological polar surface area (TPSA) is 59.7 Å². The summed E-state index contributed by atoms with van der Waals surface area (Å²) in [6.07, 6.45) is 2.33. The Balaban J connectivity index is 1.84. The molecule has 130 valence electrons. The number of Topliss-reactive ketones (excluding diaryl/α,β-unsaturated/α-hetero) is 1. The second-order valence-electron chi connectivity index (χ2n) is 6.35. The van der Waals surface area contributed by atoms with Crippen LogP contribution in [0.15, 0.2) is 47.1 Å². The maximum Gasteiger partial charge on any atom is 0.205 e. The minimum absolute atomic E-state index is 0.139. The van der Waals surface area contributed by atoms with Gasteiger partial charge in [-0.3, -0.25) is 4.79 Å². The highest BCUT2D eigenvalue weighted by Crippen LogP contribution is 2.42. The van der Waals surface area contributed by atoms with Crippen molar-refractivity contribution in [3.8, 4) is 11.5 Å². The number of fused-ring (bicyclic) bond motifs is 1. The lowest BCUT2D eigenvalue weighted by Crippen LogP contribution is -2.06. The summed E-state index contributed by atoms with van der Waals surface area (Å²) >= 11 is 0. The Kier molecular flexibility index (Phi) is 4.79. The molecule has 0 aliphatic rings. The van der Waals surface area contributed by atoms with E-state index in [2.05, 4.69) is 19.1 Å². The highest BCUT2D eigenvalue weighted by Gasteiger charge is 2.23. The lowest BCUT2D eigenvalue weighted by atomic mass is 9.98. The molecule has 2 aromatic carbocycles. The van der Waals surface area contributed by atoms with Crippen LogP contribution >= 0.6 is 0 Å². The Morgan fingerprint density at radius 1 is 1.24 bits per heavy atom. The molecule has 4 heteroatoms. The van der Waals surface area contributed by atoms with Crippen molar-refractivity contribution in [3.63, 3.8) is 0 Å². The third-order valence-electron chi connectivity index (χ3n) is 4.62. The van der Waals surface area contributed by atoms with E-state index < -0.39 is 0 Å². The summed E-state index contributed by atoms with van der Waals surface area (Å²) in [6.45, 7) is 5.79. The molecule has 1 unspecified atom stereocenters. The van der Waals surface area contributed by atoms with Crippen LogP contribution in [0.2, 0.25) is 0 Å². The number of phenolic OH excluding ortho intramolecular Hbond substituents is 1. The van der Waals surface area contributed by atoms with E-state index in [1.54, 1.807) is 19.3 Å². The number of carbonyl (C=O) groups is 1. The average molecular weight is 338 g/mol. The first-order valence-electron chi connectivity index (χ1n) is 8.42. The minimum atomic E-state index is -0.194. The van der Waals surface area contributed by atoms with Gasteiger partial charge in [0.1, 0.15) is 0 Å². The van der Waals surface area contributed by atoms with Crippen LogP contribution in [0.4, 0.5) is 0 Å².